The number of alkyl halides is 3. The number of methoxy groups -OCH3 is 3. The number of nitrogens with zero attached hydrogens (tertiary/aromatic N) is 4. The molecule has 4 amide bonds. The summed E-state index contributed by atoms with van der Waals surface area (Å²) >= 11 is 0. The summed E-state index contributed by atoms with van der Waals surface area (Å²) in [4.78, 5) is 72.0. The Kier molecular flexibility index (Phi) is 12.5. The van der Waals surface area contributed by atoms with Crippen molar-refractivity contribution >= 4 is 45.8 Å². The third kappa shape index (κ3) is 8.77. The number of halogens is 3. The molecule has 6 aromatic rings. The van der Waals surface area contributed by atoms with Gasteiger partial charge in [-0.2, -0.15) is 13.2 Å². The Hall–Kier alpha value is -7.15. The molecule has 3 aliphatic heterocycles. The second-order valence-electron chi connectivity index (χ2n) is 17.9. The first-order valence-electron chi connectivity index (χ1n) is 22.3. The first-order chi connectivity index (χ1) is 32.6. The molecule has 5 heterocycles. The molecule has 4 aromatic carbocycles. The molecule has 0 aliphatic carbocycles. The highest BCUT2D eigenvalue weighted by atomic mass is 19.4. The second kappa shape index (κ2) is 18.5. The maximum atomic E-state index is 14.4. The number of fused-ring (bicyclic) bond motifs is 6. The predicted octanol–water partition coefficient (Wildman–Crippen LogP) is 8.13. The number of hydrogen-bond acceptors (Lipinski definition) is 10. The van der Waals surface area contributed by atoms with E-state index in [1.807, 2.05) is 42.5 Å². The number of nitrogens with one attached hydrogen (secondary N) is 4. The Balaban J connectivity index is 0.989. The minimum Gasteiger partial charge on any atom is -0.488 e. The van der Waals surface area contributed by atoms with E-state index in [4.69, 9.17) is 19.2 Å². The predicted molar refractivity (Wildman–Crippen MR) is 243 cm³/mol. The highest BCUT2D eigenvalue weighted by molar-refractivity contribution is 6.07. The quantitative estimate of drug-likeness (QED) is 0.0986. The molecule has 3 aliphatic rings. The number of likely N-dealkylation sites (tertiary alicyclic amines) is 2. The molecule has 356 valence electrons. The van der Waals surface area contributed by atoms with Crippen LogP contribution in [0.1, 0.15) is 67.6 Å². The number of hydrogen-bond donors (Lipinski definition) is 4. The van der Waals surface area contributed by atoms with E-state index in [0.717, 1.165) is 50.6 Å². The van der Waals surface area contributed by atoms with E-state index in [9.17, 15) is 32.3 Å². The van der Waals surface area contributed by atoms with Crippen molar-refractivity contribution in [3.05, 3.63) is 102 Å². The Morgan fingerprint density at radius 3 is 2.29 bits per heavy atom. The summed E-state index contributed by atoms with van der Waals surface area (Å²) < 4.78 is 63.9. The van der Waals surface area contributed by atoms with Crippen LogP contribution < -0.4 is 15.4 Å². The molecule has 0 saturated carbocycles. The lowest BCUT2D eigenvalue weighted by Crippen LogP contribution is -2.51. The summed E-state index contributed by atoms with van der Waals surface area (Å²) in [6.07, 6.45) is -4.40. The van der Waals surface area contributed by atoms with Gasteiger partial charge in [-0.05, 0) is 70.7 Å². The molecule has 1 unspecified atom stereocenters. The molecule has 2 fully saturated rings. The Bertz CT molecular complexity index is 2890. The fourth-order valence-corrected chi connectivity index (χ4v) is 9.80. The van der Waals surface area contributed by atoms with Gasteiger partial charge in [0.2, 0.25) is 5.91 Å². The van der Waals surface area contributed by atoms with Crippen molar-refractivity contribution in [2.75, 3.05) is 41.0 Å². The van der Waals surface area contributed by atoms with Crippen molar-refractivity contribution in [2.45, 2.75) is 63.6 Å². The summed E-state index contributed by atoms with van der Waals surface area (Å²) in [6, 6.07) is 19.3. The first kappa shape index (κ1) is 46.0. The van der Waals surface area contributed by atoms with Crippen LogP contribution in [-0.2, 0) is 30.4 Å². The third-order valence-electron chi connectivity index (χ3n) is 13.2. The number of ether oxygens (including phenoxy) is 4. The molecule has 9 rings (SSSR count). The fourth-order valence-electron chi connectivity index (χ4n) is 9.80. The Labute approximate surface area is 388 Å². The zero-order valence-corrected chi connectivity index (χ0v) is 38.0. The zero-order chi connectivity index (χ0) is 48.0. The molecule has 0 radical (unpaired) electrons. The lowest BCUT2D eigenvalue weighted by atomic mass is 9.92. The monoisotopic (exact) mass is 936 g/mol. The maximum Gasteiger partial charge on any atom is 0.407 e. The van der Waals surface area contributed by atoms with Crippen molar-refractivity contribution in [2.24, 2.45) is 17.8 Å². The number of rotatable bonds is 11. The minimum atomic E-state index is -4.55. The molecule has 0 bridgehead atoms. The van der Waals surface area contributed by atoms with Crippen molar-refractivity contribution in [3.63, 3.8) is 0 Å². The van der Waals surface area contributed by atoms with E-state index in [2.05, 4.69) is 36.4 Å². The number of alkyl carbamates (subject to hydrolysis) is 2. The van der Waals surface area contributed by atoms with Gasteiger partial charge in [-0.3, -0.25) is 9.59 Å². The standard InChI is InChI=1S/C49H51F3N8O8/c1-25(2)40(57-47(63)66-4)45(61)60-22-31(49(50,51)52)18-38(60)43-53-20-36(55-43)29-11-13-32-30(16-29)24-68-39-19-33-28(17-34(32)39)12-14-35-42(33)56-44(54-35)37-15-26(23-65-3)21-59(37)46(62)41(58-48(64)67-5)27-9-7-6-8-10-27/h6-14,16-17,19-20,25-26,31,37-38,40-41H,15,18,21-24H2,1-5H3,(H,53,55)(H,54,56)(H,57,63)(H,58,64)/t26-,31-,37-,38-,40?,41+/m0/s1. The van der Waals surface area contributed by atoms with E-state index in [1.165, 1.54) is 7.11 Å². The molecule has 2 aromatic heterocycles. The van der Waals surface area contributed by atoms with E-state index < -0.39 is 73.2 Å². The van der Waals surface area contributed by atoms with Crippen LogP contribution in [0, 0.1) is 17.8 Å². The average Bonchev–Trinajstić information content (AvgIpc) is 4.17. The number of aromatic nitrogens is 4. The summed E-state index contributed by atoms with van der Waals surface area (Å²) in [6.45, 7) is 3.87. The lowest BCUT2D eigenvalue weighted by molar-refractivity contribution is -0.171. The molecule has 2 saturated heterocycles. The van der Waals surface area contributed by atoms with E-state index in [-0.39, 0.29) is 24.3 Å². The van der Waals surface area contributed by atoms with Crippen molar-refractivity contribution in [1.29, 1.82) is 0 Å². The summed E-state index contributed by atoms with van der Waals surface area (Å²) in [5.41, 5.74) is 6.05. The third-order valence-corrected chi connectivity index (χ3v) is 13.2. The van der Waals surface area contributed by atoms with Crippen LogP contribution in [0.4, 0.5) is 22.8 Å². The Morgan fingerprint density at radius 2 is 1.57 bits per heavy atom. The maximum absolute atomic E-state index is 14.4. The minimum absolute atomic E-state index is 0.0185. The molecule has 6 atom stereocenters. The van der Waals surface area contributed by atoms with Crippen LogP contribution in [0.5, 0.6) is 5.75 Å². The summed E-state index contributed by atoms with van der Waals surface area (Å²) in [7, 11) is 4.03. The molecule has 0 spiro atoms. The second-order valence-corrected chi connectivity index (χ2v) is 17.9. The van der Waals surface area contributed by atoms with E-state index in [0.29, 0.717) is 47.9 Å². The van der Waals surface area contributed by atoms with Gasteiger partial charge in [0.05, 0.1) is 61.8 Å². The topological polar surface area (TPSA) is 193 Å². The van der Waals surface area contributed by atoms with Crippen LogP contribution >= 0.6 is 0 Å². The van der Waals surface area contributed by atoms with E-state index in [1.54, 1.807) is 56.3 Å². The number of benzene rings is 4. The molecular weight excluding hydrogens is 886 g/mol. The van der Waals surface area contributed by atoms with Crippen LogP contribution in [0.25, 0.3) is 44.2 Å². The number of H-pyrrole nitrogens is 2. The van der Waals surface area contributed by atoms with Gasteiger partial charge in [-0.1, -0.05) is 62.4 Å². The van der Waals surface area contributed by atoms with Crippen LogP contribution in [0.3, 0.4) is 0 Å². The van der Waals surface area contributed by atoms with Gasteiger partial charge < -0.3 is 49.3 Å². The molecule has 16 nitrogen and oxygen atoms in total. The van der Waals surface area contributed by atoms with Crippen molar-refractivity contribution < 1.29 is 51.3 Å². The van der Waals surface area contributed by atoms with Gasteiger partial charge in [0.1, 0.15) is 36.1 Å². The largest absolute Gasteiger partial charge is 0.488 e. The number of imidazole rings is 2. The van der Waals surface area contributed by atoms with Gasteiger partial charge in [0, 0.05) is 37.1 Å². The molecule has 4 N–H and O–H groups in total. The molecule has 19 heteroatoms. The van der Waals surface area contributed by atoms with Crippen LogP contribution in [-0.4, -0.2) is 107 Å². The SMILES string of the molecule is COC[C@H]1C[C@@H](c2nc3c(ccc4cc5c(cc43)OCc3cc(-c4cnc([C@@H]6C[C@H](C(F)(F)F)CN6C(=O)C(NC(=O)OC)C(C)C)[nH]4)ccc3-5)[nH]2)N(C(=O)[C@H](NC(=O)OC)c2ccccc2)C1. The molecule has 68 heavy (non-hydrogen) atoms. The van der Waals surface area contributed by atoms with Gasteiger partial charge in [-0.25, -0.2) is 19.6 Å². The Morgan fingerprint density at radius 1 is 0.838 bits per heavy atom. The molecular formula is C49H51F3N8O8. The van der Waals surface area contributed by atoms with Crippen molar-refractivity contribution in [3.8, 4) is 28.1 Å². The summed E-state index contributed by atoms with van der Waals surface area (Å²) in [5, 5.41) is 6.96. The number of carbonyl (C=O) groups is 4. The van der Waals surface area contributed by atoms with Crippen LogP contribution in [0.15, 0.2) is 79.0 Å². The van der Waals surface area contributed by atoms with Crippen LogP contribution in [0.2, 0.25) is 0 Å². The van der Waals surface area contributed by atoms with Gasteiger partial charge in [0.25, 0.3) is 5.91 Å². The normalized spacial score (nSPS) is 19.9. The first-order valence-corrected chi connectivity index (χ1v) is 22.3. The smallest absolute Gasteiger partial charge is 0.407 e. The number of aromatic amines is 2. The number of carbonyl (C=O) groups excluding carboxylic acids is 4. The highest BCUT2D eigenvalue weighted by Crippen LogP contribution is 2.46. The zero-order valence-electron chi connectivity index (χ0n) is 38.0. The van der Waals surface area contributed by atoms with Gasteiger partial charge in [-0.15, -0.1) is 0 Å². The average molecular weight is 937 g/mol. The summed E-state index contributed by atoms with van der Waals surface area (Å²) in [5.74, 6) is -1.69. The van der Waals surface area contributed by atoms with Gasteiger partial charge >= 0.3 is 18.4 Å². The fraction of sp³-hybridized carbons (Fsp3) is 0.388. The lowest BCUT2D eigenvalue weighted by Gasteiger charge is -2.30. The van der Waals surface area contributed by atoms with Crippen molar-refractivity contribution in [1.82, 2.24) is 40.4 Å². The van der Waals surface area contributed by atoms with Gasteiger partial charge in [0.15, 0.2) is 0 Å². The highest BCUT2D eigenvalue weighted by Gasteiger charge is 2.51. The van der Waals surface area contributed by atoms with E-state index >= 15 is 0 Å². The number of amides is 4.